The van der Waals surface area contributed by atoms with Crippen LogP contribution in [-0.4, -0.2) is 4.57 Å². The Morgan fingerprint density at radius 2 is 2.06 bits per heavy atom. The summed E-state index contributed by atoms with van der Waals surface area (Å²) in [4.78, 5) is 0. The van der Waals surface area contributed by atoms with Gasteiger partial charge in [0, 0.05) is 24.5 Å². The van der Waals surface area contributed by atoms with Crippen LogP contribution in [0.1, 0.15) is 23.2 Å². The quantitative estimate of drug-likeness (QED) is 0.751. The van der Waals surface area contributed by atoms with Crippen molar-refractivity contribution in [2.45, 2.75) is 26.7 Å². The summed E-state index contributed by atoms with van der Waals surface area (Å²) in [6.07, 6.45) is 1.44. The standard InChI is InChI=1S/C14H16N2/c1-10-6-4-7-13-12(8-5-9-15)11(2)16(3)14(10)13/h4,6-7H,5,8H2,1-3H3. The van der Waals surface area contributed by atoms with E-state index in [9.17, 15) is 0 Å². The Morgan fingerprint density at radius 3 is 2.75 bits per heavy atom. The fraction of sp³-hybridized carbons (Fsp3) is 0.357. The first-order valence-electron chi connectivity index (χ1n) is 5.57. The van der Waals surface area contributed by atoms with Crippen LogP contribution in [0, 0.1) is 25.2 Å². The van der Waals surface area contributed by atoms with Gasteiger partial charge in [0.1, 0.15) is 0 Å². The highest BCUT2D eigenvalue weighted by molar-refractivity contribution is 5.88. The van der Waals surface area contributed by atoms with Gasteiger partial charge in [-0.25, -0.2) is 0 Å². The lowest BCUT2D eigenvalue weighted by atomic mass is 10.0. The SMILES string of the molecule is Cc1cccc2c(CCC#N)c(C)n(C)c12. The minimum Gasteiger partial charge on any atom is -0.347 e. The zero-order chi connectivity index (χ0) is 11.7. The van der Waals surface area contributed by atoms with E-state index in [4.69, 9.17) is 5.26 Å². The lowest BCUT2D eigenvalue weighted by molar-refractivity contribution is 0.886. The molecule has 1 heterocycles. The third kappa shape index (κ3) is 1.49. The number of fused-ring (bicyclic) bond motifs is 1. The molecule has 0 saturated carbocycles. The summed E-state index contributed by atoms with van der Waals surface area (Å²) in [5.74, 6) is 0. The number of nitrogens with zero attached hydrogens (tertiary/aromatic N) is 2. The third-order valence-electron chi connectivity index (χ3n) is 3.32. The van der Waals surface area contributed by atoms with Gasteiger partial charge in [-0.15, -0.1) is 0 Å². The second kappa shape index (κ2) is 4.02. The highest BCUT2D eigenvalue weighted by atomic mass is 14.9. The van der Waals surface area contributed by atoms with Gasteiger partial charge in [-0.3, -0.25) is 0 Å². The fourth-order valence-electron chi connectivity index (χ4n) is 2.41. The molecule has 0 amide bonds. The Balaban J connectivity index is 2.70. The summed E-state index contributed by atoms with van der Waals surface area (Å²) < 4.78 is 2.23. The van der Waals surface area contributed by atoms with Crippen molar-refractivity contribution in [3.8, 4) is 6.07 Å². The van der Waals surface area contributed by atoms with Gasteiger partial charge < -0.3 is 4.57 Å². The minimum atomic E-state index is 0.591. The van der Waals surface area contributed by atoms with Crippen molar-refractivity contribution >= 4 is 10.9 Å². The molecule has 0 atom stereocenters. The zero-order valence-electron chi connectivity index (χ0n) is 10.0. The molecule has 1 aromatic carbocycles. The molecule has 2 nitrogen and oxygen atoms in total. The summed E-state index contributed by atoms with van der Waals surface area (Å²) >= 11 is 0. The molecule has 0 N–H and O–H groups in total. The fourth-order valence-corrected chi connectivity index (χ4v) is 2.41. The molecular formula is C14H16N2. The molecule has 16 heavy (non-hydrogen) atoms. The van der Waals surface area contributed by atoms with Crippen LogP contribution in [-0.2, 0) is 13.5 Å². The van der Waals surface area contributed by atoms with Crippen molar-refractivity contribution in [1.29, 1.82) is 5.26 Å². The molecule has 2 rings (SSSR count). The van der Waals surface area contributed by atoms with Crippen molar-refractivity contribution in [1.82, 2.24) is 4.57 Å². The van der Waals surface area contributed by atoms with Gasteiger partial charge in [0.05, 0.1) is 11.6 Å². The van der Waals surface area contributed by atoms with Gasteiger partial charge in [-0.2, -0.15) is 5.26 Å². The molecular weight excluding hydrogens is 196 g/mol. The van der Waals surface area contributed by atoms with E-state index >= 15 is 0 Å². The Morgan fingerprint density at radius 1 is 1.31 bits per heavy atom. The van der Waals surface area contributed by atoms with Crippen molar-refractivity contribution in [3.63, 3.8) is 0 Å². The number of aryl methyl sites for hydroxylation is 3. The number of para-hydroxylation sites is 1. The van der Waals surface area contributed by atoms with E-state index in [2.05, 4.69) is 49.7 Å². The van der Waals surface area contributed by atoms with E-state index in [1.807, 2.05) is 0 Å². The molecule has 0 radical (unpaired) electrons. The molecule has 0 aliphatic carbocycles. The van der Waals surface area contributed by atoms with Gasteiger partial charge in [0.2, 0.25) is 0 Å². The van der Waals surface area contributed by atoms with Crippen molar-refractivity contribution < 1.29 is 0 Å². The van der Waals surface area contributed by atoms with E-state index in [0.29, 0.717) is 6.42 Å². The van der Waals surface area contributed by atoms with E-state index in [1.54, 1.807) is 0 Å². The van der Waals surface area contributed by atoms with Gasteiger partial charge in [0.15, 0.2) is 0 Å². The molecule has 0 saturated heterocycles. The first-order valence-corrected chi connectivity index (χ1v) is 5.57. The van der Waals surface area contributed by atoms with Gasteiger partial charge in [-0.1, -0.05) is 18.2 Å². The Hall–Kier alpha value is -1.75. The maximum Gasteiger partial charge on any atom is 0.0625 e. The monoisotopic (exact) mass is 212 g/mol. The Kier molecular flexibility index (Phi) is 2.70. The van der Waals surface area contributed by atoms with E-state index in [1.165, 1.54) is 27.7 Å². The normalized spacial score (nSPS) is 10.6. The molecule has 0 spiro atoms. The van der Waals surface area contributed by atoms with Crippen LogP contribution in [0.25, 0.3) is 10.9 Å². The van der Waals surface area contributed by atoms with Crippen LogP contribution in [0.5, 0.6) is 0 Å². The average molecular weight is 212 g/mol. The summed E-state index contributed by atoms with van der Waals surface area (Å²) in [6.45, 7) is 4.27. The van der Waals surface area contributed by atoms with Gasteiger partial charge in [0.25, 0.3) is 0 Å². The predicted octanol–water partition coefficient (Wildman–Crippen LogP) is 3.25. The summed E-state index contributed by atoms with van der Waals surface area (Å²) in [6, 6.07) is 8.60. The number of hydrogen-bond acceptors (Lipinski definition) is 1. The molecule has 0 bridgehead atoms. The minimum absolute atomic E-state index is 0.591. The number of rotatable bonds is 2. The van der Waals surface area contributed by atoms with Crippen LogP contribution in [0.2, 0.25) is 0 Å². The van der Waals surface area contributed by atoms with E-state index in [0.717, 1.165) is 6.42 Å². The highest BCUT2D eigenvalue weighted by Crippen LogP contribution is 2.28. The number of hydrogen-bond donors (Lipinski definition) is 0. The smallest absolute Gasteiger partial charge is 0.0625 e. The van der Waals surface area contributed by atoms with Crippen molar-refractivity contribution in [2.75, 3.05) is 0 Å². The van der Waals surface area contributed by atoms with Crippen LogP contribution >= 0.6 is 0 Å². The Bertz CT molecular complexity index is 570. The molecule has 2 heteroatoms. The molecule has 0 unspecified atom stereocenters. The average Bonchev–Trinajstić information content (AvgIpc) is 2.51. The van der Waals surface area contributed by atoms with E-state index in [-0.39, 0.29) is 0 Å². The topological polar surface area (TPSA) is 28.7 Å². The van der Waals surface area contributed by atoms with Crippen LogP contribution < -0.4 is 0 Å². The lowest BCUT2D eigenvalue weighted by Gasteiger charge is -2.01. The lowest BCUT2D eigenvalue weighted by Crippen LogP contribution is -1.93. The summed E-state index contributed by atoms with van der Waals surface area (Å²) in [7, 11) is 2.10. The van der Waals surface area contributed by atoms with Crippen molar-refractivity contribution in [2.24, 2.45) is 7.05 Å². The van der Waals surface area contributed by atoms with Crippen molar-refractivity contribution in [3.05, 3.63) is 35.0 Å². The van der Waals surface area contributed by atoms with E-state index < -0.39 is 0 Å². The maximum atomic E-state index is 8.70. The largest absolute Gasteiger partial charge is 0.347 e. The number of aromatic nitrogens is 1. The molecule has 82 valence electrons. The first kappa shape index (κ1) is 10.8. The van der Waals surface area contributed by atoms with Gasteiger partial charge >= 0.3 is 0 Å². The van der Waals surface area contributed by atoms with Crippen LogP contribution in [0.4, 0.5) is 0 Å². The molecule has 1 aromatic heterocycles. The molecule has 0 fully saturated rings. The molecule has 0 aliphatic heterocycles. The summed E-state index contributed by atoms with van der Waals surface area (Å²) in [5, 5.41) is 10.00. The summed E-state index contributed by atoms with van der Waals surface area (Å²) in [5.41, 5.74) is 5.20. The highest BCUT2D eigenvalue weighted by Gasteiger charge is 2.12. The second-order valence-electron chi connectivity index (χ2n) is 4.25. The van der Waals surface area contributed by atoms with Gasteiger partial charge in [-0.05, 0) is 31.4 Å². The Labute approximate surface area is 96.1 Å². The molecule has 2 aromatic rings. The van der Waals surface area contributed by atoms with Crippen LogP contribution in [0.3, 0.4) is 0 Å². The number of nitriles is 1. The molecule has 0 aliphatic rings. The first-order chi connectivity index (χ1) is 7.66. The third-order valence-corrected chi connectivity index (χ3v) is 3.32. The van der Waals surface area contributed by atoms with Crippen LogP contribution in [0.15, 0.2) is 18.2 Å². The maximum absolute atomic E-state index is 8.70. The predicted molar refractivity (Wildman–Crippen MR) is 66.3 cm³/mol. The zero-order valence-corrected chi connectivity index (χ0v) is 10.0. The number of benzene rings is 1. The second-order valence-corrected chi connectivity index (χ2v) is 4.25.